The van der Waals surface area contributed by atoms with Gasteiger partial charge in [0.15, 0.2) is 0 Å². The zero-order valence-corrected chi connectivity index (χ0v) is 17.8. The number of amides is 2. The van der Waals surface area contributed by atoms with E-state index in [1.54, 1.807) is 30.3 Å². The Morgan fingerprint density at radius 3 is 2.31 bits per heavy atom. The second-order valence-corrected chi connectivity index (χ2v) is 7.91. The Bertz CT molecular complexity index is 837. The van der Waals surface area contributed by atoms with Gasteiger partial charge in [0.2, 0.25) is 5.91 Å². The lowest BCUT2D eigenvalue weighted by Gasteiger charge is -2.35. The summed E-state index contributed by atoms with van der Waals surface area (Å²) in [5, 5.41) is 6.04. The van der Waals surface area contributed by atoms with Crippen molar-refractivity contribution in [2.45, 2.75) is 38.5 Å². The van der Waals surface area contributed by atoms with Crippen molar-refractivity contribution in [1.29, 1.82) is 0 Å². The summed E-state index contributed by atoms with van der Waals surface area (Å²) in [7, 11) is 0. The lowest BCUT2D eigenvalue weighted by Crippen LogP contribution is -2.36. The number of nitrogens with one attached hydrogen (secondary N) is 2. The molecule has 1 aliphatic carbocycles. The Morgan fingerprint density at radius 1 is 0.966 bits per heavy atom. The highest BCUT2D eigenvalue weighted by Gasteiger charge is 2.33. The Hall–Kier alpha value is -2.08. The van der Waals surface area contributed by atoms with E-state index < -0.39 is 0 Å². The molecule has 0 bridgehead atoms. The molecule has 0 atom stereocenters. The molecule has 0 saturated heterocycles. The van der Waals surface area contributed by atoms with Gasteiger partial charge in [-0.25, -0.2) is 0 Å². The molecule has 0 unspecified atom stereocenters. The quantitative estimate of drug-likeness (QED) is 0.578. The first kappa shape index (κ1) is 23.2. The number of hydrogen-bond donors (Lipinski definition) is 3. The average molecular weight is 436 g/mol. The Balaban J connectivity index is 0.00000300. The molecule has 0 aliphatic heterocycles. The van der Waals surface area contributed by atoms with E-state index in [9.17, 15) is 9.59 Å². The molecule has 3 rings (SSSR count). The molecule has 29 heavy (non-hydrogen) atoms. The fourth-order valence-electron chi connectivity index (χ4n) is 3.80. The van der Waals surface area contributed by atoms with E-state index in [1.807, 2.05) is 18.2 Å². The van der Waals surface area contributed by atoms with Gasteiger partial charge in [-0.15, -0.1) is 12.4 Å². The van der Waals surface area contributed by atoms with Gasteiger partial charge in [0, 0.05) is 17.8 Å². The van der Waals surface area contributed by atoms with Gasteiger partial charge in [0.1, 0.15) is 0 Å². The average Bonchev–Trinajstić information content (AvgIpc) is 2.70. The van der Waals surface area contributed by atoms with Gasteiger partial charge in [0.25, 0.3) is 5.91 Å². The molecule has 7 heteroatoms. The summed E-state index contributed by atoms with van der Waals surface area (Å²) in [5.74, 6) is -0.401. The molecular weight excluding hydrogens is 409 g/mol. The molecule has 156 valence electrons. The molecule has 0 aromatic heterocycles. The van der Waals surface area contributed by atoms with Crippen molar-refractivity contribution < 1.29 is 9.59 Å². The van der Waals surface area contributed by atoms with Gasteiger partial charge < -0.3 is 16.4 Å². The number of hydrogen-bond acceptors (Lipinski definition) is 3. The summed E-state index contributed by atoms with van der Waals surface area (Å²) in [5.41, 5.74) is 7.42. The molecule has 1 fully saturated rings. The van der Waals surface area contributed by atoms with E-state index in [2.05, 4.69) is 10.6 Å². The van der Waals surface area contributed by atoms with Crippen molar-refractivity contribution in [3.8, 4) is 0 Å². The van der Waals surface area contributed by atoms with E-state index in [0.29, 0.717) is 34.9 Å². The number of benzene rings is 2. The lowest BCUT2D eigenvalue weighted by molar-refractivity contribution is -0.118. The summed E-state index contributed by atoms with van der Waals surface area (Å²) in [6.45, 7) is 0.520. The number of carbonyl (C=O) groups is 2. The van der Waals surface area contributed by atoms with Crippen LogP contribution in [-0.2, 0) is 4.79 Å². The van der Waals surface area contributed by atoms with Gasteiger partial charge in [-0.05, 0) is 55.1 Å². The van der Waals surface area contributed by atoms with Gasteiger partial charge in [0.05, 0.1) is 10.6 Å². The molecule has 2 aromatic rings. The molecule has 0 radical (unpaired) electrons. The number of para-hydroxylation sites is 1. The van der Waals surface area contributed by atoms with Crippen LogP contribution in [-0.4, -0.2) is 18.4 Å². The van der Waals surface area contributed by atoms with Crippen molar-refractivity contribution >= 4 is 47.2 Å². The number of halogens is 2. The zero-order valence-electron chi connectivity index (χ0n) is 16.2. The summed E-state index contributed by atoms with van der Waals surface area (Å²) in [6.07, 6.45) is 5.83. The molecule has 4 N–H and O–H groups in total. The first-order valence-electron chi connectivity index (χ1n) is 9.67. The standard InChI is InChI=1S/C22H26ClN3O2.ClH/c23-19-10-9-17(13-18(19)21(28)26-16-7-3-1-4-8-16)25-20(27)14-22(15-24)11-5-2-6-12-22;/h1,3-4,7-10,13H,2,5-6,11-12,14-15,24H2,(H,25,27)(H,26,28);1H. The van der Waals surface area contributed by atoms with E-state index in [4.69, 9.17) is 17.3 Å². The number of nitrogens with two attached hydrogens (primary N) is 1. The van der Waals surface area contributed by atoms with Gasteiger partial charge in [-0.3, -0.25) is 9.59 Å². The lowest BCUT2D eigenvalue weighted by atomic mass is 9.71. The van der Waals surface area contributed by atoms with Crippen molar-refractivity contribution in [2.24, 2.45) is 11.1 Å². The van der Waals surface area contributed by atoms with Crippen molar-refractivity contribution in [3.05, 3.63) is 59.1 Å². The molecule has 1 saturated carbocycles. The molecule has 1 aliphatic rings. The summed E-state index contributed by atoms with van der Waals surface area (Å²) < 4.78 is 0. The monoisotopic (exact) mass is 435 g/mol. The molecule has 2 amide bonds. The van der Waals surface area contributed by atoms with Crippen LogP contribution in [0.5, 0.6) is 0 Å². The molecule has 5 nitrogen and oxygen atoms in total. The van der Waals surface area contributed by atoms with Crippen molar-refractivity contribution in [2.75, 3.05) is 17.2 Å². The summed E-state index contributed by atoms with van der Waals surface area (Å²) >= 11 is 6.20. The minimum atomic E-state index is -0.321. The predicted octanol–water partition coefficient (Wildman–Crippen LogP) is 5.25. The van der Waals surface area contributed by atoms with Crippen LogP contribution in [0.25, 0.3) is 0 Å². The summed E-state index contributed by atoms with van der Waals surface area (Å²) in [6, 6.07) is 14.1. The zero-order chi connectivity index (χ0) is 20.0. The molecule has 0 spiro atoms. The molecule has 0 heterocycles. The molecule has 2 aromatic carbocycles. The minimum absolute atomic E-state index is 0. The van der Waals surface area contributed by atoms with Crippen molar-refractivity contribution in [1.82, 2.24) is 0 Å². The normalized spacial score (nSPS) is 15.1. The highest BCUT2D eigenvalue weighted by Crippen LogP contribution is 2.38. The maximum atomic E-state index is 12.6. The second kappa shape index (κ2) is 10.6. The largest absolute Gasteiger partial charge is 0.330 e. The third-order valence-corrected chi connectivity index (χ3v) is 5.74. The van der Waals surface area contributed by atoms with E-state index in [1.165, 1.54) is 6.42 Å². The Morgan fingerprint density at radius 2 is 1.66 bits per heavy atom. The van der Waals surface area contributed by atoms with Crippen LogP contribution in [0.2, 0.25) is 5.02 Å². The van der Waals surface area contributed by atoms with Crippen LogP contribution in [0.1, 0.15) is 48.9 Å². The molecular formula is C22H27Cl2N3O2. The van der Waals surface area contributed by atoms with Gasteiger partial charge >= 0.3 is 0 Å². The highest BCUT2D eigenvalue weighted by molar-refractivity contribution is 6.34. The number of carbonyl (C=O) groups excluding carboxylic acids is 2. The third-order valence-electron chi connectivity index (χ3n) is 5.41. The SMILES string of the molecule is Cl.NCC1(CC(=O)Nc2ccc(Cl)c(C(=O)Nc3ccccc3)c2)CCCCC1. The predicted molar refractivity (Wildman–Crippen MR) is 121 cm³/mol. The van der Waals surface area contributed by atoms with Crippen LogP contribution >= 0.6 is 24.0 Å². The highest BCUT2D eigenvalue weighted by atomic mass is 35.5. The number of anilines is 2. The van der Waals surface area contributed by atoms with E-state index >= 15 is 0 Å². The fraction of sp³-hybridized carbons (Fsp3) is 0.364. The first-order valence-corrected chi connectivity index (χ1v) is 10.0. The Kier molecular flexibility index (Phi) is 8.50. The smallest absolute Gasteiger partial charge is 0.257 e. The van der Waals surface area contributed by atoms with Gasteiger partial charge in [-0.2, -0.15) is 0 Å². The minimum Gasteiger partial charge on any atom is -0.330 e. The second-order valence-electron chi connectivity index (χ2n) is 7.50. The van der Waals surface area contributed by atoms with Crippen LogP contribution < -0.4 is 16.4 Å². The van der Waals surface area contributed by atoms with Crippen LogP contribution in [0.3, 0.4) is 0 Å². The van der Waals surface area contributed by atoms with Crippen LogP contribution in [0.15, 0.2) is 48.5 Å². The van der Waals surface area contributed by atoms with Crippen LogP contribution in [0.4, 0.5) is 11.4 Å². The number of rotatable bonds is 6. The topological polar surface area (TPSA) is 84.2 Å². The maximum Gasteiger partial charge on any atom is 0.257 e. The van der Waals surface area contributed by atoms with E-state index in [-0.39, 0.29) is 29.6 Å². The van der Waals surface area contributed by atoms with E-state index in [0.717, 1.165) is 25.7 Å². The first-order chi connectivity index (χ1) is 13.5. The van der Waals surface area contributed by atoms with Crippen molar-refractivity contribution in [3.63, 3.8) is 0 Å². The van der Waals surface area contributed by atoms with Gasteiger partial charge in [-0.1, -0.05) is 49.1 Å². The summed E-state index contributed by atoms with van der Waals surface area (Å²) in [4.78, 5) is 25.2. The maximum absolute atomic E-state index is 12.6. The fourth-order valence-corrected chi connectivity index (χ4v) is 4.00. The Labute approximate surface area is 182 Å². The third kappa shape index (κ3) is 6.20. The van der Waals surface area contributed by atoms with Crippen LogP contribution in [0, 0.1) is 5.41 Å².